The predicted molar refractivity (Wildman–Crippen MR) is 117 cm³/mol. The van der Waals surface area contributed by atoms with Crippen molar-refractivity contribution < 1.29 is 19.0 Å². The Balaban J connectivity index is 1.96. The van der Waals surface area contributed by atoms with Crippen molar-refractivity contribution in [2.45, 2.75) is 6.92 Å². The van der Waals surface area contributed by atoms with E-state index in [-0.39, 0.29) is 28.3 Å². The number of carbonyl (C=O) groups is 1. The average Bonchev–Trinajstić information content (AvgIpc) is 3.11. The molecule has 2 aromatic carbocycles. The van der Waals surface area contributed by atoms with Crippen LogP contribution in [-0.4, -0.2) is 32.9 Å². The van der Waals surface area contributed by atoms with Crippen LogP contribution in [0.2, 0.25) is 0 Å². The highest BCUT2D eigenvalue weighted by Crippen LogP contribution is 2.37. The third kappa shape index (κ3) is 3.59. The average molecular weight is 437 g/mol. The van der Waals surface area contributed by atoms with Gasteiger partial charge in [-0.25, -0.2) is 14.2 Å². The number of fused-ring (bicyclic) bond motifs is 1. The lowest BCUT2D eigenvalue weighted by atomic mass is 10.0. The minimum Gasteiger partial charge on any atom is -0.494 e. The largest absolute Gasteiger partial charge is 0.494 e. The second-order valence-electron chi connectivity index (χ2n) is 6.54. The molecule has 0 bridgehead atoms. The van der Waals surface area contributed by atoms with E-state index >= 15 is 0 Å². The minimum atomic E-state index is -0.699. The molecule has 2 N–H and O–H groups in total. The van der Waals surface area contributed by atoms with Crippen LogP contribution in [0.15, 0.2) is 58.3 Å². The van der Waals surface area contributed by atoms with Crippen LogP contribution >= 0.6 is 12.2 Å². The van der Waals surface area contributed by atoms with E-state index in [1.807, 2.05) is 0 Å². The van der Waals surface area contributed by atoms with Crippen molar-refractivity contribution in [2.24, 2.45) is 4.99 Å². The SMILES string of the molecule is CCOC(=O)C1=Nc2ccccc2C1=Cc1c(O)n(-c2ccccc2F)c(=S)[nH]c1=O. The van der Waals surface area contributed by atoms with Crippen LogP contribution in [0.25, 0.3) is 17.3 Å². The molecule has 3 aromatic rings. The van der Waals surface area contributed by atoms with Gasteiger partial charge in [-0.2, -0.15) is 0 Å². The number of para-hydroxylation sites is 2. The van der Waals surface area contributed by atoms with E-state index in [0.717, 1.165) is 4.57 Å². The Labute approximate surface area is 180 Å². The topological polar surface area (TPSA) is 96.7 Å². The number of hydrogen-bond donors (Lipinski definition) is 2. The van der Waals surface area contributed by atoms with Gasteiger partial charge in [0.25, 0.3) is 5.56 Å². The van der Waals surface area contributed by atoms with Gasteiger partial charge in [0.05, 0.1) is 18.0 Å². The summed E-state index contributed by atoms with van der Waals surface area (Å²) in [4.78, 5) is 31.8. The molecule has 0 fully saturated rings. The summed E-state index contributed by atoms with van der Waals surface area (Å²) in [7, 11) is 0. The molecule has 0 atom stereocenters. The van der Waals surface area contributed by atoms with E-state index < -0.39 is 23.2 Å². The van der Waals surface area contributed by atoms with Crippen LogP contribution in [0.4, 0.5) is 10.1 Å². The molecule has 0 spiro atoms. The number of nitrogens with zero attached hydrogens (tertiary/aromatic N) is 2. The Kier molecular flexibility index (Phi) is 5.35. The van der Waals surface area contributed by atoms with E-state index in [0.29, 0.717) is 16.8 Å². The molecule has 1 aromatic heterocycles. The molecule has 31 heavy (non-hydrogen) atoms. The molecular formula is C22H16FN3O4S. The van der Waals surface area contributed by atoms with Crippen LogP contribution in [0.1, 0.15) is 18.1 Å². The van der Waals surface area contributed by atoms with E-state index in [9.17, 15) is 19.1 Å². The monoisotopic (exact) mass is 437 g/mol. The Hall–Kier alpha value is -3.85. The molecule has 7 nitrogen and oxygen atoms in total. The number of esters is 1. The molecule has 0 aliphatic carbocycles. The van der Waals surface area contributed by atoms with Gasteiger partial charge in [0.1, 0.15) is 11.4 Å². The number of rotatable bonds is 4. The molecule has 0 radical (unpaired) electrons. The van der Waals surface area contributed by atoms with Gasteiger partial charge in [-0.1, -0.05) is 30.3 Å². The molecule has 0 saturated heterocycles. The lowest BCUT2D eigenvalue weighted by Gasteiger charge is -2.13. The van der Waals surface area contributed by atoms with Crippen LogP contribution in [0.5, 0.6) is 5.88 Å². The summed E-state index contributed by atoms with van der Waals surface area (Å²) in [5.41, 5.74) is 0.468. The number of carbonyl (C=O) groups excluding carboxylic acids is 1. The van der Waals surface area contributed by atoms with Crippen LogP contribution in [0, 0.1) is 10.6 Å². The fraction of sp³-hybridized carbons (Fsp3) is 0.0909. The Bertz CT molecular complexity index is 1390. The highest BCUT2D eigenvalue weighted by atomic mass is 32.1. The zero-order valence-corrected chi connectivity index (χ0v) is 17.1. The van der Waals surface area contributed by atoms with E-state index in [1.165, 1.54) is 24.3 Å². The summed E-state index contributed by atoms with van der Waals surface area (Å²) in [6.07, 6.45) is 1.32. The first-order valence-corrected chi connectivity index (χ1v) is 9.73. The molecule has 1 aliphatic rings. The summed E-state index contributed by atoms with van der Waals surface area (Å²) in [5, 5.41) is 10.9. The second kappa shape index (κ2) is 8.11. The van der Waals surface area contributed by atoms with Crippen LogP contribution < -0.4 is 5.56 Å². The van der Waals surface area contributed by atoms with Crippen molar-refractivity contribution in [3.8, 4) is 11.6 Å². The molecule has 0 unspecified atom stereocenters. The number of aromatic hydroxyl groups is 1. The van der Waals surface area contributed by atoms with Gasteiger partial charge in [-0.15, -0.1) is 0 Å². The van der Waals surface area contributed by atoms with Gasteiger partial charge in [-0.3, -0.25) is 14.3 Å². The molecule has 1 aliphatic heterocycles. The van der Waals surface area contributed by atoms with Gasteiger partial charge in [0.2, 0.25) is 5.88 Å². The number of benzene rings is 2. The highest BCUT2D eigenvalue weighted by Gasteiger charge is 2.28. The molecule has 9 heteroatoms. The minimum absolute atomic E-state index is 0.00161. The first kappa shape index (κ1) is 20.4. The fourth-order valence-electron chi connectivity index (χ4n) is 3.28. The Morgan fingerprint density at radius 1 is 1.26 bits per heavy atom. The lowest BCUT2D eigenvalue weighted by molar-refractivity contribution is -0.134. The van der Waals surface area contributed by atoms with Gasteiger partial charge >= 0.3 is 5.97 Å². The van der Waals surface area contributed by atoms with Gasteiger partial charge in [0, 0.05) is 11.1 Å². The molecule has 156 valence electrons. The number of halogens is 1. The Morgan fingerprint density at radius 3 is 2.71 bits per heavy atom. The van der Waals surface area contributed by atoms with Crippen molar-refractivity contribution in [2.75, 3.05) is 6.61 Å². The summed E-state index contributed by atoms with van der Waals surface area (Å²) in [5.74, 6) is -1.87. The zero-order chi connectivity index (χ0) is 22.1. The lowest BCUT2D eigenvalue weighted by Crippen LogP contribution is -2.19. The maximum atomic E-state index is 14.4. The Morgan fingerprint density at radius 2 is 1.97 bits per heavy atom. The first-order valence-electron chi connectivity index (χ1n) is 9.32. The van der Waals surface area contributed by atoms with Crippen molar-refractivity contribution in [3.05, 3.63) is 80.6 Å². The van der Waals surface area contributed by atoms with E-state index in [4.69, 9.17) is 17.0 Å². The number of aromatic amines is 1. The summed E-state index contributed by atoms with van der Waals surface area (Å²) < 4.78 is 20.3. The number of nitrogens with one attached hydrogen (secondary N) is 1. The number of hydrogen-bond acceptors (Lipinski definition) is 6. The van der Waals surface area contributed by atoms with E-state index in [2.05, 4.69) is 9.98 Å². The highest BCUT2D eigenvalue weighted by molar-refractivity contribution is 7.71. The molecule has 0 saturated carbocycles. The predicted octanol–water partition coefficient (Wildman–Crippen LogP) is 3.93. The smallest absolute Gasteiger partial charge is 0.357 e. The maximum Gasteiger partial charge on any atom is 0.357 e. The number of ether oxygens (including phenoxy) is 1. The van der Waals surface area contributed by atoms with Crippen molar-refractivity contribution in [1.82, 2.24) is 9.55 Å². The molecule has 2 heterocycles. The summed E-state index contributed by atoms with van der Waals surface area (Å²) in [6.45, 7) is 1.81. The number of aliphatic imine (C=N–C) groups is 1. The quantitative estimate of drug-likeness (QED) is 0.476. The zero-order valence-electron chi connectivity index (χ0n) is 16.3. The van der Waals surface area contributed by atoms with Gasteiger partial charge in [0.15, 0.2) is 10.5 Å². The molecular weight excluding hydrogens is 421 g/mol. The van der Waals surface area contributed by atoms with Crippen molar-refractivity contribution >= 4 is 41.2 Å². The van der Waals surface area contributed by atoms with E-state index in [1.54, 1.807) is 37.3 Å². The fourth-order valence-corrected chi connectivity index (χ4v) is 3.56. The second-order valence-corrected chi connectivity index (χ2v) is 6.93. The molecule has 0 amide bonds. The normalized spacial score (nSPS) is 13.7. The third-order valence-electron chi connectivity index (χ3n) is 4.65. The summed E-state index contributed by atoms with van der Waals surface area (Å²) >= 11 is 5.14. The molecule has 4 rings (SSSR count). The summed E-state index contributed by atoms with van der Waals surface area (Å²) in [6, 6.07) is 12.6. The van der Waals surface area contributed by atoms with Crippen LogP contribution in [0.3, 0.4) is 0 Å². The number of H-pyrrole nitrogens is 1. The number of aromatic nitrogens is 2. The standard InChI is InChI=1S/C22H16FN3O4S/c1-2-30-21(29)18-13(12-7-3-5-9-16(12)24-18)11-14-19(27)25-22(31)26(20(14)28)17-10-6-4-8-15(17)23/h3-11,28H,2H2,1H3,(H,25,27,31). The van der Waals surface area contributed by atoms with Crippen molar-refractivity contribution in [1.29, 1.82) is 0 Å². The van der Waals surface area contributed by atoms with Gasteiger partial charge in [-0.05, 0) is 43.4 Å². The van der Waals surface area contributed by atoms with Crippen LogP contribution in [-0.2, 0) is 9.53 Å². The van der Waals surface area contributed by atoms with Crippen molar-refractivity contribution in [3.63, 3.8) is 0 Å². The third-order valence-corrected chi connectivity index (χ3v) is 4.94. The first-order chi connectivity index (χ1) is 14.9. The van der Waals surface area contributed by atoms with Gasteiger partial charge < -0.3 is 9.84 Å². The maximum absolute atomic E-state index is 14.4.